The SMILES string of the molecule is Cc1ccc(CCNC(=O)CCS(=O)(=O)c2ccc3c(c2)NC(=O)C(C)S3)cc1. The van der Waals surface area contributed by atoms with Gasteiger partial charge >= 0.3 is 0 Å². The maximum Gasteiger partial charge on any atom is 0.237 e. The summed E-state index contributed by atoms with van der Waals surface area (Å²) in [6.07, 6.45) is 0.588. The van der Waals surface area contributed by atoms with Crippen molar-refractivity contribution in [3.05, 3.63) is 53.6 Å². The van der Waals surface area contributed by atoms with Crippen molar-refractivity contribution in [1.82, 2.24) is 5.32 Å². The summed E-state index contributed by atoms with van der Waals surface area (Å²) in [5.41, 5.74) is 2.80. The molecule has 3 rings (SSSR count). The highest BCUT2D eigenvalue weighted by molar-refractivity contribution is 8.01. The molecule has 1 atom stereocenters. The highest BCUT2D eigenvalue weighted by Crippen LogP contribution is 2.36. The molecule has 1 aliphatic heterocycles. The van der Waals surface area contributed by atoms with E-state index in [0.29, 0.717) is 18.7 Å². The zero-order valence-corrected chi connectivity index (χ0v) is 18.0. The molecule has 8 heteroatoms. The van der Waals surface area contributed by atoms with Crippen LogP contribution in [0.15, 0.2) is 52.3 Å². The number of nitrogens with one attached hydrogen (secondary N) is 2. The van der Waals surface area contributed by atoms with Gasteiger partial charge in [-0.15, -0.1) is 11.8 Å². The van der Waals surface area contributed by atoms with Crippen LogP contribution in [0.25, 0.3) is 0 Å². The molecule has 0 aromatic heterocycles. The quantitative estimate of drug-likeness (QED) is 0.702. The van der Waals surface area contributed by atoms with Crippen LogP contribution in [-0.2, 0) is 25.8 Å². The van der Waals surface area contributed by atoms with Crippen LogP contribution in [0.5, 0.6) is 0 Å². The lowest BCUT2D eigenvalue weighted by molar-refractivity contribution is -0.120. The highest BCUT2D eigenvalue weighted by Gasteiger charge is 2.25. The van der Waals surface area contributed by atoms with Gasteiger partial charge in [-0.1, -0.05) is 29.8 Å². The lowest BCUT2D eigenvalue weighted by Crippen LogP contribution is -2.28. The molecular formula is C21H24N2O4S2. The van der Waals surface area contributed by atoms with E-state index < -0.39 is 9.84 Å². The van der Waals surface area contributed by atoms with E-state index in [1.54, 1.807) is 13.0 Å². The second kappa shape index (κ2) is 9.00. The van der Waals surface area contributed by atoms with Gasteiger partial charge in [0, 0.05) is 17.9 Å². The Kier molecular flexibility index (Phi) is 6.64. The first kappa shape index (κ1) is 21.4. The number of hydrogen-bond acceptors (Lipinski definition) is 5. The van der Waals surface area contributed by atoms with Gasteiger partial charge in [-0.05, 0) is 44.0 Å². The van der Waals surface area contributed by atoms with Crippen molar-refractivity contribution in [2.24, 2.45) is 0 Å². The second-order valence-electron chi connectivity index (χ2n) is 7.06. The fourth-order valence-corrected chi connectivity index (χ4v) is 5.11. The van der Waals surface area contributed by atoms with Gasteiger partial charge in [-0.2, -0.15) is 0 Å². The summed E-state index contributed by atoms with van der Waals surface area (Å²) in [6.45, 7) is 4.27. The molecule has 6 nitrogen and oxygen atoms in total. The monoisotopic (exact) mass is 432 g/mol. The maximum absolute atomic E-state index is 12.6. The van der Waals surface area contributed by atoms with E-state index in [2.05, 4.69) is 10.6 Å². The molecule has 1 heterocycles. The molecule has 1 aliphatic rings. The van der Waals surface area contributed by atoms with Gasteiger partial charge in [0.1, 0.15) is 0 Å². The molecule has 0 saturated carbocycles. The minimum absolute atomic E-state index is 0.106. The lowest BCUT2D eigenvalue weighted by atomic mass is 10.1. The number of aryl methyl sites for hydroxylation is 1. The Balaban J connectivity index is 1.53. The Morgan fingerprint density at radius 2 is 1.90 bits per heavy atom. The van der Waals surface area contributed by atoms with Crippen LogP contribution in [0, 0.1) is 6.92 Å². The molecule has 0 saturated heterocycles. The van der Waals surface area contributed by atoms with Crippen LogP contribution in [-0.4, -0.2) is 37.8 Å². The Morgan fingerprint density at radius 3 is 2.62 bits per heavy atom. The molecule has 154 valence electrons. The molecule has 0 aliphatic carbocycles. The molecule has 2 aromatic rings. The van der Waals surface area contributed by atoms with Crippen molar-refractivity contribution in [1.29, 1.82) is 0 Å². The van der Waals surface area contributed by atoms with Crippen molar-refractivity contribution in [3.8, 4) is 0 Å². The topological polar surface area (TPSA) is 92.3 Å². The van der Waals surface area contributed by atoms with Crippen molar-refractivity contribution in [2.45, 2.75) is 41.7 Å². The summed E-state index contributed by atoms with van der Waals surface area (Å²) in [5, 5.41) is 5.28. The lowest BCUT2D eigenvalue weighted by Gasteiger charge is -2.21. The Morgan fingerprint density at radius 1 is 1.17 bits per heavy atom. The number of carbonyl (C=O) groups is 2. The van der Waals surface area contributed by atoms with E-state index in [-0.39, 0.29) is 34.1 Å². The third kappa shape index (κ3) is 5.61. The van der Waals surface area contributed by atoms with Gasteiger partial charge in [-0.25, -0.2) is 8.42 Å². The first-order valence-corrected chi connectivity index (χ1v) is 11.9. The normalized spacial score (nSPS) is 16.1. The van der Waals surface area contributed by atoms with Crippen molar-refractivity contribution < 1.29 is 18.0 Å². The number of amides is 2. The van der Waals surface area contributed by atoms with Crippen LogP contribution in [0.3, 0.4) is 0 Å². The molecule has 2 N–H and O–H groups in total. The summed E-state index contributed by atoms with van der Waals surface area (Å²) in [6, 6.07) is 12.8. The Hall–Kier alpha value is -2.32. The van der Waals surface area contributed by atoms with E-state index in [9.17, 15) is 18.0 Å². The summed E-state index contributed by atoms with van der Waals surface area (Å²) >= 11 is 1.39. The second-order valence-corrected chi connectivity index (χ2v) is 10.6. The van der Waals surface area contributed by atoms with Gasteiger partial charge in [0.25, 0.3) is 0 Å². The summed E-state index contributed by atoms with van der Waals surface area (Å²) in [7, 11) is -3.62. The molecule has 0 fully saturated rings. The van der Waals surface area contributed by atoms with Crippen LogP contribution in [0.2, 0.25) is 0 Å². The van der Waals surface area contributed by atoms with E-state index >= 15 is 0 Å². The summed E-state index contributed by atoms with van der Waals surface area (Å²) in [4.78, 5) is 24.8. The van der Waals surface area contributed by atoms with Gasteiger partial charge in [-0.3, -0.25) is 9.59 Å². The zero-order chi connectivity index (χ0) is 21.0. The van der Waals surface area contributed by atoms with E-state index in [1.807, 2.05) is 31.2 Å². The fraction of sp³-hybridized carbons (Fsp3) is 0.333. The number of thioether (sulfide) groups is 1. The van der Waals surface area contributed by atoms with Gasteiger partial charge in [0.2, 0.25) is 11.8 Å². The number of fused-ring (bicyclic) bond motifs is 1. The molecule has 2 amide bonds. The maximum atomic E-state index is 12.6. The third-order valence-corrected chi connectivity index (χ3v) is 7.59. The standard InChI is InChI=1S/C21H24N2O4S2/c1-14-3-5-16(6-4-14)9-11-22-20(24)10-12-29(26,27)17-7-8-19-18(13-17)23-21(25)15(2)28-19/h3-8,13,15H,9-12H2,1-2H3,(H,22,24)(H,23,25). The van der Waals surface area contributed by atoms with Gasteiger partial charge in [0.15, 0.2) is 9.84 Å². The predicted molar refractivity (Wildman–Crippen MR) is 115 cm³/mol. The number of benzene rings is 2. The first-order valence-electron chi connectivity index (χ1n) is 9.41. The van der Waals surface area contributed by atoms with Crippen molar-refractivity contribution in [2.75, 3.05) is 17.6 Å². The van der Waals surface area contributed by atoms with Crippen LogP contribution >= 0.6 is 11.8 Å². The average molecular weight is 433 g/mol. The predicted octanol–water partition coefficient (Wildman–Crippen LogP) is 2.95. The van der Waals surface area contributed by atoms with Gasteiger partial charge in [0.05, 0.1) is 21.6 Å². The summed E-state index contributed by atoms with van der Waals surface area (Å²) in [5.74, 6) is -0.721. The van der Waals surface area contributed by atoms with Crippen LogP contribution in [0.4, 0.5) is 5.69 Å². The molecule has 0 bridgehead atoms. The number of anilines is 1. The minimum Gasteiger partial charge on any atom is -0.356 e. The van der Waals surface area contributed by atoms with Crippen molar-refractivity contribution in [3.63, 3.8) is 0 Å². The number of hydrogen-bond donors (Lipinski definition) is 2. The summed E-state index contributed by atoms with van der Waals surface area (Å²) < 4.78 is 25.2. The number of rotatable bonds is 7. The Bertz CT molecular complexity index is 1020. The number of sulfone groups is 1. The Labute approximate surface area is 175 Å². The van der Waals surface area contributed by atoms with E-state index in [4.69, 9.17) is 0 Å². The molecular weight excluding hydrogens is 408 g/mol. The number of carbonyl (C=O) groups excluding carboxylic acids is 2. The first-order chi connectivity index (χ1) is 13.7. The van der Waals surface area contributed by atoms with E-state index in [1.165, 1.54) is 29.5 Å². The minimum atomic E-state index is -3.62. The average Bonchev–Trinajstić information content (AvgIpc) is 2.68. The zero-order valence-electron chi connectivity index (χ0n) is 16.4. The largest absolute Gasteiger partial charge is 0.356 e. The molecule has 0 spiro atoms. The highest BCUT2D eigenvalue weighted by atomic mass is 32.2. The smallest absolute Gasteiger partial charge is 0.237 e. The molecule has 29 heavy (non-hydrogen) atoms. The van der Waals surface area contributed by atoms with E-state index in [0.717, 1.165) is 10.5 Å². The molecule has 2 aromatic carbocycles. The van der Waals surface area contributed by atoms with Gasteiger partial charge < -0.3 is 10.6 Å². The van der Waals surface area contributed by atoms with Crippen LogP contribution < -0.4 is 10.6 Å². The van der Waals surface area contributed by atoms with Crippen molar-refractivity contribution >= 4 is 39.1 Å². The molecule has 0 radical (unpaired) electrons. The van der Waals surface area contributed by atoms with Crippen LogP contribution in [0.1, 0.15) is 24.5 Å². The fourth-order valence-electron chi connectivity index (χ4n) is 2.92. The molecule has 1 unspecified atom stereocenters. The third-order valence-electron chi connectivity index (χ3n) is 4.70.